The fraction of sp³-hybridized carbons (Fsp3) is 0.444. The lowest BCUT2D eigenvalue weighted by Gasteiger charge is -1.96. The molecule has 0 spiro atoms. The van der Waals surface area contributed by atoms with Crippen LogP contribution in [-0.2, 0) is 0 Å². The van der Waals surface area contributed by atoms with Gasteiger partial charge in [0.2, 0.25) is 0 Å². The maximum Gasteiger partial charge on any atom is 0.164 e. The van der Waals surface area contributed by atoms with Crippen molar-refractivity contribution < 1.29 is 4.79 Å². The molecule has 3 heteroatoms. The highest BCUT2D eigenvalue weighted by Gasteiger charge is 2.09. The van der Waals surface area contributed by atoms with Crippen LogP contribution in [0.4, 0.5) is 0 Å². The van der Waals surface area contributed by atoms with Crippen molar-refractivity contribution in [1.29, 1.82) is 0 Å². The van der Waals surface area contributed by atoms with E-state index in [9.17, 15) is 4.79 Å². The van der Waals surface area contributed by atoms with Crippen LogP contribution in [0.2, 0.25) is 0 Å². The van der Waals surface area contributed by atoms with E-state index in [1.807, 2.05) is 10.8 Å². The van der Waals surface area contributed by atoms with Crippen molar-refractivity contribution in [3.05, 3.63) is 20.8 Å². The molecule has 0 amide bonds. The van der Waals surface area contributed by atoms with E-state index in [2.05, 4.69) is 22.9 Å². The standard InChI is InChI=1S/C9H11BrOS/c1-2-3-4-9(11)7-5-12-6-8(7)10/h5-6H,2-4H2,1H3. The third-order valence-electron chi connectivity index (χ3n) is 1.67. The van der Waals surface area contributed by atoms with E-state index in [4.69, 9.17) is 0 Å². The molecule has 0 aromatic carbocycles. The second-order valence-corrected chi connectivity index (χ2v) is 4.26. The number of thiophene rings is 1. The van der Waals surface area contributed by atoms with Gasteiger partial charge < -0.3 is 0 Å². The number of ketones is 1. The summed E-state index contributed by atoms with van der Waals surface area (Å²) in [5, 5.41) is 3.85. The van der Waals surface area contributed by atoms with Crippen LogP contribution in [0.15, 0.2) is 15.2 Å². The van der Waals surface area contributed by atoms with E-state index >= 15 is 0 Å². The SMILES string of the molecule is CCCCC(=O)c1cscc1Br. The quantitative estimate of drug-likeness (QED) is 0.738. The maximum absolute atomic E-state index is 11.5. The van der Waals surface area contributed by atoms with Crippen molar-refractivity contribution in [3.8, 4) is 0 Å². The Balaban J connectivity index is 2.59. The summed E-state index contributed by atoms with van der Waals surface area (Å²) >= 11 is 4.91. The number of carbonyl (C=O) groups is 1. The number of hydrogen-bond acceptors (Lipinski definition) is 2. The van der Waals surface area contributed by atoms with Gasteiger partial charge in [0.25, 0.3) is 0 Å². The fourth-order valence-electron chi connectivity index (χ4n) is 0.952. The molecule has 0 N–H and O–H groups in total. The third-order valence-corrected chi connectivity index (χ3v) is 3.38. The first-order valence-corrected chi connectivity index (χ1v) is 5.74. The molecule has 0 aliphatic carbocycles. The summed E-state index contributed by atoms with van der Waals surface area (Å²) in [4.78, 5) is 11.5. The maximum atomic E-state index is 11.5. The molecule has 0 aliphatic rings. The molecule has 0 saturated carbocycles. The minimum absolute atomic E-state index is 0.255. The summed E-state index contributed by atoms with van der Waals surface area (Å²) < 4.78 is 0.939. The number of Topliss-reactive ketones (excluding diaryl/α,β-unsaturated/α-hetero) is 1. The van der Waals surface area contributed by atoms with Crippen molar-refractivity contribution in [2.75, 3.05) is 0 Å². The Morgan fingerprint density at radius 3 is 2.83 bits per heavy atom. The summed E-state index contributed by atoms with van der Waals surface area (Å²) in [7, 11) is 0. The second-order valence-electron chi connectivity index (χ2n) is 2.66. The molecule has 0 fully saturated rings. The first-order chi connectivity index (χ1) is 5.75. The Kier molecular flexibility index (Phi) is 3.95. The Morgan fingerprint density at radius 1 is 1.58 bits per heavy atom. The lowest BCUT2D eigenvalue weighted by Crippen LogP contribution is -1.96. The zero-order valence-electron chi connectivity index (χ0n) is 6.97. The van der Waals surface area contributed by atoms with Crippen LogP contribution in [0.5, 0.6) is 0 Å². The molecule has 1 aromatic heterocycles. The summed E-state index contributed by atoms with van der Waals surface area (Å²) in [5.74, 6) is 0.255. The molecule has 0 bridgehead atoms. The number of unbranched alkanes of at least 4 members (excludes halogenated alkanes) is 1. The highest BCUT2D eigenvalue weighted by molar-refractivity contribution is 9.10. The fourth-order valence-corrected chi connectivity index (χ4v) is 2.47. The predicted octanol–water partition coefficient (Wildman–Crippen LogP) is 3.88. The van der Waals surface area contributed by atoms with Crippen molar-refractivity contribution in [1.82, 2.24) is 0 Å². The van der Waals surface area contributed by atoms with Gasteiger partial charge in [0.15, 0.2) is 5.78 Å². The van der Waals surface area contributed by atoms with E-state index in [1.54, 1.807) is 11.3 Å². The van der Waals surface area contributed by atoms with Gasteiger partial charge in [-0.2, -0.15) is 11.3 Å². The molecular weight excluding hydrogens is 236 g/mol. The van der Waals surface area contributed by atoms with Crippen LogP contribution in [0, 0.1) is 0 Å². The summed E-state index contributed by atoms with van der Waals surface area (Å²) in [6.45, 7) is 2.09. The molecule has 1 heterocycles. The lowest BCUT2D eigenvalue weighted by molar-refractivity contribution is 0.0979. The molecule has 0 radical (unpaired) electrons. The van der Waals surface area contributed by atoms with Crippen LogP contribution in [0.25, 0.3) is 0 Å². The molecule has 12 heavy (non-hydrogen) atoms. The monoisotopic (exact) mass is 246 g/mol. The highest BCUT2D eigenvalue weighted by atomic mass is 79.9. The third kappa shape index (κ3) is 2.42. The zero-order chi connectivity index (χ0) is 8.97. The minimum atomic E-state index is 0.255. The van der Waals surface area contributed by atoms with E-state index in [-0.39, 0.29) is 5.78 Å². The summed E-state index contributed by atoms with van der Waals surface area (Å²) in [6.07, 6.45) is 2.74. The van der Waals surface area contributed by atoms with Gasteiger partial charge in [0.1, 0.15) is 0 Å². The average Bonchev–Trinajstić information content (AvgIpc) is 2.47. The van der Waals surface area contributed by atoms with E-state index < -0.39 is 0 Å². The van der Waals surface area contributed by atoms with Crippen molar-refractivity contribution in [3.63, 3.8) is 0 Å². The molecule has 1 nitrogen and oxygen atoms in total. The van der Waals surface area contributed by atoms with Crippen LogP contribution in [-0.4, -0.2) is 5.78 Å². The Labute approximate surface area is 84.9 Å². The second kappa shape index (κ2) is 4.77. The van der Waals surface area contributed by atoms with Crippen LogP contribution >= 0.6 is 27.3 Å². The smallest absolute Gasteiger partial charge is 0.164 e. The Hall–Kier alpha value is -0.150. The minimum Gasteiger partial charge on any atom is -0.294 e. The van der Waals surface area contributed by atoms with Crippen LogP contribution < -0.4 is 0 Å². The molecule has 0 aliphatic heterocycles. The number of carbonyl (C=O) groups excluding carboxylic acids is 1. The van der Waals surface area contributed by atoms with Crippen molar-refractivity contribution in [2.24, 2.45) is 0 Å². The van der Waals surface area contributed by atoms with Gasteiger partial charge in [0, 0.05) is 27.2 Å². The van der Waals surface area contributed by atoms with Crippen molar-refractivity contribution in [2.45, 2.75) is 26.2 Å². The number of rotatable bonds is 4. The van der Waals surface area contributed by atoms with Crippen LogP contribution in [0.3, 0.4) is 0 Å². The number of halogens is 1. The van der Waals surface area contributed by atoms with Gasteiger partial charge >= 0.3 is 0 Å². The van der Waals surface area contributed by atoms with E-state index in [0.717, 1.165) is 22.9 Å². The van der Waals surface area contributed by atoms with Gasteiger partial charge in [-0.1, -0.05) is 13.3 Å². The van der Waals surface area contributed by atoms with Gasteiger partial charge in [-0.25, -0.2) is 0 Å². The molecule has 0 atom stereocenters. The topological polar surface area (TPSA) is 17.1 Å². The largest absolute Gasteiger partial charge is 0.294 e. The van der Waals surface area contributed by atoms with E-state index in [0.29, 0.717) is 6.42 Å². The first kappa shape index (κ1) is 9.93. The van der Waals surface area contributed by atoms with Gasteiger partial charge in [0.05, 0.1) is 0 Å². The summed E-state index contributed by atoms with van der Waals surface area (Å²) in [5.41, 5.74) is 0.841. The molecular formula is C9H11BrOS. The number of hydrogen-bond donors (Lipinski definition) is 0. The normalized spacial score (nSPS) is 10.2. The van der Waals surface area contributed by atoms with E-state index in [1.165, 1.54) is 0 Å². The first-order valence-electron chi connectivity index (χ1n) is 4.00. The zero-order valence-corrected chi connectivity index (χ0v) is 9.37. The van der Waals surface area contributed by atoms with Crippen molar-refractivity contribution >= 4 is 33.0 Å². The molecule has 1 rings (SSSR count). The Morgan fingerprint density at radius 2 is 2.33 bits per heavy atom. The van der Waals surface area contributed by atoms with Gasteiger partial charge in [-0.05, 0) is 22.4 Å². The van der Waals surface area contributed by atoms with Gasteiger partial charge in [-0.3, -0.25) is 4.79 Å². The summed E-state index contributed by atoms with van der Waals surface area (Å²) in [6, 6.07) is 0. The molecule has 0 unspecified atom stereocenters. The Bertz CT molecular complexity index is 267. The van der Waals surface area contributed by atoms with Gasteiger partial charge in [-0.15, -0.1) is 0 Å². The molecule has 1 aromatic rings. The average molecular weight is 247 g/mol. The van der Waals surface area contributed by atoms with Crippen LogP contribution in [0.1, 0.15) is 36.5 Å². The lowest BCUT2D eigenvalue weighted by atomic mass is 10.1. The molecule has 0 saturated heterocycles. The highest BCUT2D eigenvalue weighted by Crippen LogP contribution is 2.23. The predicted molar refractivity (Wildman–Crippen MR) is 55.9 cm³/mol. The molecule has 66 valence electrons.